The van der Waals surface area contributed by atoms with Crippen LogP contribution in [0, 0.1) is 5.41 Å². The third-order valence-corrected chi connectivity index (χ3v) is 9.24. The van der Waals surface area contributed by atoms with Gasteiger partial charge in [0.05, 0.1) is 6.61 Å². The van der Waals surface area contributed by atoms with E-state index >= 15 is 0 Å². The molecule has 0 saturated carbocycles. The molecule has 2 aromatic carbocycles. The predicted octanol–water partition coefficient (Wildman–Crippen LogP) is 5.54. The Morgan fingerprint density at radius 3 is 2.57 bits per heavy atom. The molecule has 0 amide bonds. The lowest BCUT2D eigenvalue weighted by molar-refractivity contribution is -0.198. The maximum atomic E-state index is 14.3. The summed E-state index contributed by atoms with van der Waals surface area (Å²) in [5.41, 5.74) is 8.50. The Hall–Kier alpha value is -4.06. The van der Waals surface area contributed by atoms with E-state index in [1.807, 2.05) is 30.0 Å². The van der Waals surface area contributed by atoms with Crippen molar-refractivity contribution in [2.24, 2.45) is 5.41 Å². The van der Waals surface area contributed by atoms with Gasteiger partial charge < -0.3 is 30.5 Å². The molecule has 6 rings (SSSR count). The summed E-state index contributed by atoms with van der Waals surface area (Å²) in [5, 5.41) is 12.8. The third-order valence-electron chi connectivity index (χ3n) is 9.24. The van der Waals surface area contributed by atoms with Gasteiger partial charge in [0, 0.05) is 30.8 Å². The zero-order chi connectivity index (χ0) is 31.1. The number of hydrogen-bond donors (Lipinski definition) is 3. The van der Waals surface area contributed by atoms with Crippen LogP contribution in [0.25, 0.3) is 11.1 Å². The van der Waals surface area contributed by atoms with Crippen molar-refractivity contribution in [3.8, 4) is 22.8 Å². The molecule has 1 aromatic heterocycles. The van der Waals surface area contributed by atoms with Crippen molar-refractivity contribution < 1.29 is 32.5 Å². The lowest BCUT2D eigenvalue weighted by atomic mass is 9.71. The van der Waals surface area contributed by atoms with Crippen LogP contribution < -0.4 is 25.4 Å². The number of nitrogen functional groups attached to an aromatic ring is 1. The van der Waals surface area contributed by atoms with Crippen molar-refractivity contribution in [1.29, 1.82) is 0 Å². The average molecular weight is 612 g/mol. The summed E-state index contributed by atoms with van der Waals surface area (Å²) in [6, 6.07) is 12.9. The first kappa shape index (κ1) is 30.0. The average Bonchev–Trinajstić information content (AvgIpc) is 3.37. The molecule has 0 bridgehead atoms. The summed E-state index contributed by atoms with van der Waals surface area (Å²) in [7, 11) is 0. The molecule has 2 unspecified atom stereocenters. The number of rotatable bonds is 7. The van der Waals surface area contributed by atoms with Gasteiger partial charge in [0.15, 0.2) is 0 Å². The number of carbonyl (C=O) groups is 1. The minimum atomic E-state index is -4.71. The van der Waals surface area contributed by atoms with Gasteiger partial charge in [-0.25, -0.2) is 0 Å². The quantitative estimate of drug-likeness (QED) is 0.316. The van der Waals surface area contributed by atoms with E-state index in [0.717, 1.165) is 54.5 Å². The number of hydrogen-bond acceptors (Lipinski definition) is 8. The molecule has 9 nitrogen and oxygen atoms in total. The van der Waals surface area contributed by atoms with Crippen molar-refractivity contribution in [3.63, 3.8) is 0 Å². The van der Waals surface area contributed by atoms with Gasteiger partial charge in [0.2, 0.25) is 17.9 Å². The van der Waals surface area contributed by atoms with Crippen LogP contribution in [0.2, 0.25) is 0 Å². The molecule has 44 heavy (non-hydrogen) atoms. The number of benzene rings is 2. The molecule has 4 heterocycles. The zero-order valence-corrected chi connectivity index (χ0v) is 24.4. The van der Waals surface area contributed by atoms with Crippen LogP contribution in [0.15, 0.2) is 48.5 Å². The highest BCUT2D eigenvalue weighted by Crippen LogP contribution is 2.46. The first-order valence-corrected chi connectivity index (χ1v) is 15.0. The van der Waals surface area contributed by atoms with E-state index in [1.165, 1.54) is 18.2 Å². The van der Waals surface area contributed by atoms with Crippen LogP contribution in [0.3, 0.4) is 0 Å². The van der Waals surface area contributed by atoms with Crippen LogP contribution in [0.1, 0.15) is 56.3 Å². The molecule has 234 valence electrons. The maximum Gasteiger partial charge on any atom is 0.429 e. The SMILES string of the molecule is CCC1NC(C(=O)O)CC12CCN(c1cc(O[C@H](c3ccc(-c4ccc5c(c4)CCCO5)cc3)C(F)(F)F)nc(N)n1)CC2. The highest BCUT2D eigenvalue weighted by Gasteiger charge is 2.50. The van der Waals surface area contributed by atoms with Gasteiger partial charge in [0.25, 0.3) is 0 Å². The molecule has 12 heteroatoms. The molecule has 3 aliphatic heterocycles. The maximum absolute atomic E-state index is 14.3. The first-order chi connectivity index (χ1) is 21.0. The zero-order valence-electron chi connectivity index (χ0n) is 24.4. The van der Waals surface area contributed by atoms with E-state index in [9.17, 15) is 23.1 Å². The van der Waals surface area contributed by atoms with Gasteiger partial charge in [-0.15, -0.1) is 0 Å². The van der Waals surface area contributed by atoms with Crippen molar-refractivity contribution in [1.82, 2.24) is 15.3 Å². The summed E-state index contributed by atoms with van der Waals surface area (Å²) < 4.78 is 54.1. The fraction of sp³-hybridized carbons (Fsp3) is 0.469. The Labute approximate surface area is 253 Å². The number of aryl methyl sites for hydroxylation is 1. The number of carboxylic acid groups (broad SMARTS) is 1. The molecular weight excluding hydrogens is 575 g/mol. The summed E-state index contributed by atoms with van der Waals surface area (Å²) in [5.74, 6) is -0.0825. The topological polar surface area (TPSA) is 123 Å². The van der Waals surface area contributed by atoms with Crippen LogP contribution in [0.4, 0.5) is 24.9 Å². The number of fused-ring (bicyclic) bond motifs is 1. The number of nitrogens with zero attached hydrogens (tertiary/aromatic N) is 3. The van der Waals surface area contributed by atoms with Crippen molar-refractivity contribution in [2.75, 3.05) is 30.3 Å². The highest BCUT2D eigenvalue weighted by molar-refractivity contribution is 5.74. The number of aliphatic carboxylic acids is 1. The van der Waals surface area contributed by atoms with E-state index < -0.39 is 24.3 Å². The van der Waals surface area contributed by atoms with Crippen LogP contribution in [0.5, 0.6) is 11.6 Å². The Morgan fingerprint density at radius 1 is 1.16 bits per heavy atom. The lowest BCUT2D eigenvalue weighted by Gasteiger charge is -2.43. The number of aromatic nitrogens is 2. The van der Waals surface area contributed by atoms with Crippen molar-refractivity contribution in [3.05, 3.63) is 59.7 Å². The monoisotopic (exact) mass is 611 g/mol. The van der Waals surface area contributed by atoms with E-state index in [4.69, 9.17) is 15.2 Å². The number of piperidine rings is 1. The number of carboxylic acids is 1. The second-order valence-electron chi connectivity index (χ2n) is 11.9. The fourth-order valence-electron chi connectivity index (χ4n) is 6.96. The minimum Gasteiger partial charge on any atom is -0.493 e. The standard InChI is InChI=1S/C32H36F3N5O4/c1-2-25-31(18-23(37-25)29(41)42)11-13-40(14-12-31)26-17-27(39-30(36)38-26)44-28(32(33,34)35)20-7-5-19(6-8-20)21-9-10-24-22(16-21)4-3-15-43-24/h5-10,16-17,23,25,28,37H,2-4,11-15,18H2,1H3,(H,41,42)(H2,36,38,39)/t23?,25?,28-/m1/s1. The smallest absolute Gasteiger partial charge is 0.429 e. The summed E-state index contributed by atoms with van der Waals surface area (Å²) in [6.45, 7) is 3.84. The van der Waals surface area contributed by atoms with E-state index in [-0.39, 0.29) is 28.8 Å². The lowest BCUT2D eigenvalue weighted by Crippen LogP contribution is -2.46. The Bertz CT molecular complexity index is 1510. The van der Waals surface area contributed by atoms with Crippen molar-refractivity contribution >= 4 is 17.7 Å². The van der Waals surface area contributed by atoms with Gasteiger partial charge in [-0.1, -0.05) is 37.3 Å². The molecule has 3 atom stereocenters. The molecule has 2 saturated heterocycles. The van der Waals surface area contributed by atoms with Crippen LogP contribution in [-0.4, -0.2) is 59.0 Å². The summed E-state index contributed by atoms with van der Waals surface area (Å²) in [6.07, 6.45) is -2.36. The third kappa shape index (κ3) is 5.99. The van der Waals surface area contributed by atoms with E-state index in [2.05, 4.69) is 15.3 Å². The number of ether oxygens (including phenoxy) is 2. The molecule has 0 radical (unpaired) electrons. The molecule has 0 aliphatic carbocycles. The molecule has 3 aromatic rings. The summed E-state index contributed by atoms with van der Waals surface area (Å²) >= 11 is 0. The number of nitrogens with two attached hydrogens (primary N) is 1. The Kier molecular flexibility index (Phi) is 8.04. The van der Waals surface area contributed by atoms with Gasteiger partial charge in [-0.2, -0.15) is 23.1 Å². The molecule has 2 fully saturated rings. The highest BCUT2D eigenvalue weighted by atomic mass is 19.4. The molecule has 3 aliphatic rings. The van der Waals surface area contributed by atoms with Gasteiger partial charge in [-0.3, -0.25) is 4.79 Å². The molecule has 1 spiro atoms. The predicted molar refractivity (Wildman–Crippen MR) is 159 cm³/mol. The first-order valence-electron chi connectivity index (χ1n) is 15.0. The second-order valence-corrected chi connectivity index (χ2v) is 11.9. The Balaban J connectivity index is 1.18. The Morgan fingerprint density at radius 2 is 1.89 bits per heavy atom. The second kappa shape index (κ2) is 11.8. The number of alkyl halides is 3. The van der Waals surface area contributed by atoms with Gasteiger partial charge >= 0.3 is 12.1 Å². The fourth-order valence-corrected chi connectivity index (χ4v) is 6.96. The molecular formula is C32H36F3N5O4. The van der Waals surface area contributed by atoms with Crippen LogP contribution in [-0.2, 0) is 11.2 Å². The number of nitrogens with one attached hydrogen (secondary N) is 1. The normalized spacial score (nSPS) is 21.9. The summed E-state index contributed by atoms with van der Waals surface area (Å²) in [4.78, 5) is 21.8. The number of halogens is 3. The minimum absolute atomic E-state index is 0.0616. The largest absolute Gasteiger partial charge is 0.493 e. The van der Waals surface area contributed by atoms with Gasteiger partial charge in [0.1, 0.15) is 17.6 Å². The van der Waals surface area contributed by atoms with E-state index in [1.54, 1.807) is 12.1 Å². The van der Waals surface area contributed by atoms with Crippen LogP contribution >= 0.6 is 0 Å². The van der Waals surface area contributed by atoms with E-state index in [0.29, 0.717) is 31.9 Å². The molecule has 4 N–H and O–H groups in total. The van der Waals surface area contributed by atoms with Crippen molar-refractivity contribution in [2.45, 2.75) is 69.8 Å². The number of anilines is 2. The van der Waals surface area contributed by atoms with Gasteiger partial charge in [-0.05, 0) is 72.8 Å².